The Hall–Kier alpha value is -3.85. The molecule has 0 aliphatic carbocycles. The predicted octanol–water partition coefficient (Wildman–Crippen LogP) is 4.66. The van der Waals surface area contributed by atoms with E-state index in [1.807, 2.05) is 6.92 Å². The summed E-state index contributed by atoms with van der Waals surface area (Å²) in [6.45, 7) is 5.16. The molecule has 2 aromatic heterocycles. The fourth-order valence-corrected chi connectivity index (χ4v) is 5.37. The van der Waals surface area contributed by atoms with Crippen molar-refractivity contribution in [1.82, 2.24) is 9.55 Å². The summed E-state index contributed by atoms with van der Waals surface area (Å²) in [5, 5.41) is 3.10. The third kappa shape index (κ3) is 3.58. The summed E-state index contributed by atoms with van der Waals surface area (Å²) in [5.41, 5.74) is 1.83. The van der Waals surface area contributed by atoms with Crippen molar-refractivity contribution in [3.05, 3.63) is 74.9 Å². The first kappa shape index (κ1) is 22.0. The maximum atomic E-state index is 13.7. The minimum atomic E-state index is -0.844. The van der Waals surface area contributed by atoms with Crippen LogP contribution >= 0.6 is 11.3 Å². The monoisotopic (exact) mass is 477 g/mol. The summed E-state index contributed by atoms with van der Waals surface area (Å²) in [6, 6.07) is 9.91. The molecule has 0 bridgehead atoms. The number of carbonyl (C=O) groups excluding carboxylic acids is 2. The van der Waals surface area contributed by atoms with E-state index in [9.17, 15) is 18.8 Å². The Bertz CT molecular complexity index is 1540. The lowest BCUT2D eigenvalue weighted by Crippen LogP contribution is -2.31. The number of halogens is 1. The average molecular weight is 478 g/mol. The van der Waals surface area contributed by atoms with E-state index in [0.29, 0.717) is 44.2 Å². The second-order valence-corrected chi connectivity index (χ2v) is 9.35. The van der Waals surface area contributed by atoms with Gasteiger partial charge in [-0.05, 0) is 56.7 Å². The highest BCUT2D eigenvalue weighted by molar-refractivity contribution is 7.19. The van der Waals surface area contributed by atoms with Gasteiger partial charge in [-0.3, -0.25) is 19.0 Å². The van der Waals surface area contributed by atoms with Crippen molar-refractivity contribution < 1.29 is 18.7 Å². The van der Waals surface area contributed by atoms with Crippen LogP contribution in [0.1, 0.15) is 34.0 Å². The Morgan fingerprint density at radius 2 is 1.91 bits per heavy atom. The number of carbonyl (C=O) groups is 2. The maximum absolute atomic E-state index is 13.7. The van der Waals surface area contributed by atoms with E-state index in [1.54, 1.807) is 44.2 Å². The van der Waals surface area contributed by atoms with Crippen LogP contribution in [-0.4, -0.2) is 27.8 Å². The smallest absolute Gasteiger partial charge is 0.263 e. The number of rotatable bonds is 4. The van der Waals surface area contributed by atoms with Gasteiger partial charge in [0.2, 0.25) is 0 Å². The fourth-order valence-electron chi connectivity index (χ4n) is 4.29. The molecule has 2 aromatic carbocycles. The van der Waals surface area contributed by atoms with Gasteiger partial charge in [-0.25, -0.2) is 9.37 Å². The minimum absolute atomic E-state index is 0.0760. The number of fused-ring (bicyclic) bond motifs is 2. The molecule has 1 amide bonds. The van der Waals surface area contributed by atoms with Crippen molar-refractivity contribution in [2.45, 2.75) is 26.8 Å². The molecule has 4 aromatic rings. The fraction of sp³-hybridized carbons (Fsp3) is 0.200. The molecule has 0 saturated carbocycles. The summed E-state index contributed by atoms with van der Waals surface area (Å²) in [6.07, 6.45) is 0. The lowest BCUT2D eigenvalue weighted by Gasteiger charge is -2.20. The third-order valence-electron chi connectivity index (χ3n) is 5.91. The Balaban J connectivity index is 1.61. The van der Waals surface area contributed by atoms with Crippen LogP contribution in [0.4, 0.5) is 10.1 Å². The summed E-state index contributed by atoms with van der Waals surface area (Å²) in [7, 11) is 0. The first-order chi connectivity index (χ1) is 16.2. The summed E-state index contributed by atoms with van der Waals surface area (Å²) >= 11 is 1.39. The maximum Gasteiger partial charge on any atom is 0.263 e. The van der Waals surface area contributed by atoms with E-state index < -0.39 is 6.04 Å². The second-order valence-electron chi connectivity index (χ2n) is 8.14. The number of amides is 1. The van der Waals surface area contributed by atoms with Gasteiger partial charge < -0.3 is 10.1 Å². The Kier molecular flexibility index (Phi) is 5.28. The second kappa shape index (κ2) is 8.18. The number of thiophene rings is 1. The molecule has 0 spiro atoms. The first-order valence-electron chi connectivity index (χ1n) is 10.6. The number of benzene rings is 2. The van der Waals surface area contributed by atoms with E-state index in [4.69, 9.17) is 4.74 Å². The van der Waals surface area contributed by atoms with Gasteiger partial charge >= 0.3 is 0 Å². The van der Waals surface area contributed by atoms with Crippen molar-refractivity contribution >= 4 is 38.9 Å². The molecule has 1 atom stereocenters. The number of nitrogens with zero attached hydrogens (tertiary/aromatic N) is 2. The molecule has 7 nitrogen and oxygen atoms in total. The van der Waals surface area contributed by atoms with Gasteiger partial charge in [0, 0.05) is 16.0 Å². The highest BCUT2D eigenvalue weighted by Gasteiger charge is 2.26. The van der Waals surface area contributed by atoms with Crippen LogP contribution in [0.3, 0.4) is 0 Å². The van der Waals surface area contributed by atoms with Crippen LogP contribution in [0.2, 0.25) is 0 Å². The number of Topliss-reactive ketones (excluding diaryl/α,β-unsaturated/α-hetero) is 1. The zero-order valence-electron chi connectivity index (χ0n) is 18.6. The Morgan fingerprint density at radius 1 is 1.18 bits per heavy atom. The molecule has 0 saturated heterocycles. The van der Waals surface area contributed by atoms with E-state index in [-0.39, 0.29) is 29.7 Å². The van der Waals surface area contributed by atoms with E-state index in [2.05, 4.69) is 10.3 Å². The number of aromatic nitrogens is 2. The van der Waals surface area contributed by atoms with Crippen molar-refractivity contribution in [2.24, 2.45) is 0 Å². The molecular weight excluding hydrogens is 457 g/mol. The quantitative estimate of drug-likeness (QED) is 0.432. The van der Waals surface area contributed by atoms with Gasteiger partial charge in [0.25, 0.3) is 11.5 Å². The SMILES string of the molecule is Cc1sc2nc(C)n(C(C)C(=O)c3ccc4c(c3)NC(=O)CO4)c(=O)c2c1-c1ccc(F)cc1. The van der Waals surface area contributed by atoms with Gasteiger partial charge in [0.05, 0.1) is 17.1 Å². The molecule has 3 heterocycles. The molecule has 5 rings (SSSR count). The van der Waals surface area contributed by atoms with E-state index in [1.165, 1.54) is 28.0 Å². The number of hydrogen-bond acceptors (Lipinski definition) is 6. The largest absolute Gasteiger partial charge is 0.482 e. The normalized spacial score (nSPS) is 13.8. The molecule has 9 heteroatoms. The molecule has 0 radical (unpaired) electrons. The van der Waals surface area contributed by atoms with Gasteiger partial charge in [-0.15, -0.1) is 11.3 Å². The first-order valence-corrected chi connectivity index (χ1v) is 11.5. The standard InChI is InChI=1S/C25H20FN3O4S/c1-12(23(31)16-6-9-19-18(10-16)28-20(30)11-33-19)29-14(3)27-24-22(25(29)32)21(13(2)34-24)15-4-7-17(26)8-5-15/h4-10,12H,11H2,1-3H3,(H,28,30). The highest BCUT2D eigenvalue weighted by atomic mass is 32.1. The van der Waals surface area contributed by atoms with Crippen molar-refractivity contribution in [3.63, 3.8) is 0 Å². The topological polar surface area (TPSA) is 90.3 Å². The minimum Gasteiger partial charge on any atom is -0.482 e. The van der Waals surface area contributed by atoms with Crippen LogP contribution in [0.5, 0.6) is 5.75 Å². The van der Waals surface area contributed by atoms with Gasteiger partial charge in [-0.2, -0.15) is 0 Å². The summed E-state index contributed by atoms with van der Waals surface area (Å²) in [5.74, 6) is -0.0618. The number of hydrogen-bond donors (Lipinski definition) is 1. The lowest BCUT2D eigenvalue weighted by atomic mass is 10.0. The number of aryl methyl sites for hydroxylation is 2. The Morgan fingerprint density at radius 3 is 2.65 bits per heavy atom. The Labute approximate surface area is 197 Å². The number of nitrogens with one attached hydrogen (secondary N) is 1. The highest BCUT2D eigenvalue weighted by Crippen LogP contribution is 2.36. The number of anilines is 1. The zero-order valence-corrected chi connectivity index (χ0v) is 19.5. The molecular formula is C25H20FN3O4S. The van der Waals surface area contributed by atoms with Crippen molar-refractivity contribution in [3.8, 4) is 16.9 Å². The molecule has 172 valence electrons. The molecule has 34 heavy (non-hydrogen) atoms. The van der Waals surface area contributed by atoms with Gasteiger partial charge in [0.15, 0.2) is 12.4 Å². The van der Waals surface area contributed by atoms with Crippen LogP contribution in [0.25, 0.3) is 21.3 Å². The number of ketones is 1. The average Bonchev–Trinajstić information content (AvgIpc) is 3.14. The van der Waals surface area contributed by atoms with Gasteiger partial charge in [0.1, 0.15) is 22.2 Å². The van der Waals surface area contributed by atoms with Crippen LogP contribution in [-0.2, 0) is 4.79 Å². The molecule has 1 N–H and O–H groups in total. The molecule has 1 aliphatic heterocycles. The summed E-state index contributed by atoms with van der Waals surface area (Å²) < 4.78 is 20.2. The van der Waals surface area contributed by atoms with Crippen molar-refractivity contribution in [1.29, 1.82) is 0 Å². The van der Waals surface area contributed by atoms with Gasteiger partial charge in [-0.1, -0.05) is 12.1 Å². The molecule has 1 unspecified atom stereocenters. The number of ether oxygens (including phenoxy) is 1. The lowest BCUT2D eigenvalue weighted by molar-refractivity contribution is -0.118. The summed E-state index contributed by atoms with van der Waals surface area (Å²) in [4.78, 5) is 44.8. The third-order valence-corrected chi connectivity index (χ3v) is 6.91. The van der Waals surface area contributed by atoms with E-state index >= 15 is 0 Å². The zero-order chi connectivity index (χ0) is 24.1. The van der Waals surface area contributed by atoms with E-state index in [0.717, 1.165) is 4.88 Å². The van der Waals surface area contributed by atoms with Crippen LogP contribution in [0, 0.1) is 19.7 Å². The van der Waals surface area contributed by atoms with Crippen LogP contribution in [0.15, 0.2) is 47.3 Å². The molecule has 0 fully saturated rings. The van der Waals surface area contributed by atoms with Crippen molar-refractivity contribution in [2.75, 3.05) is 11.9 Å². The molecule has 1 aliphatic rings. The predicted molar refractivity (Wildman–Crippen MR) is 128 cm³/mol. The van der Waals surface area contributed by atoms with Crippen LogP contribution < -0.4 is 15.6 Å².